The molecule has 0 aliphatic heterocycles. The minimum atomic E-state index is -5.16. The number of phenolic OH excluding ortho intramolecular Hbond substituents is 2. The quantitative estimate of drug-likeness (QED) is 0.311. The van der Waals surface area contributed by atoms with Crippen LogP contribution < -0.4 is 0 Å². The smallest absolute Gasteiger partial charge is 0.283 e. The molecule has 3 aromatic rings. The predicted octanol–water partition coefficient (Wildman–Crippen LogP) is 5.89. The zero-order chi connectivity index (χ0) is 21.6. The van der Waals surface area contributed by atoms with Gasteiger partial charge in [0.05, 0.1) is 15.6 Å². The maximum absolute atomic E-state index is 13.0. The summed E-state index contributed by atoms with van der Waals surface area (Å²) in [4.78, 5) is 0. The normalized spacial score (nSPS) is 13.8. The van der Waals surface area contributed by atoms with Crippen molar-refractivity contribution in [3.8, 4) is 11.5 Å². The summed E-state index contributed by atoms with van der Waals surface area (Å²) >= 11 is 24.3. The summed E-state index contributed by atoms with van der Waals surface area (Å²) in [5.41, 5.74) is -0.857. The average molecular weight is 494 g/mol. The van der Waals surface area contributed by atoms with Gasteiger partial charge in [-0.3, -0.25) is 4.55 Å². The van der Waals surface area contributed by atoms with E-state index in [9.17, 15) is 23.2 Å². The first kappa shape index (κ1) is 22.0. The summed E-state index contributed by atoms with van der Waals surface area (Å²) in [6.45, 7) is 0. The molecule has 10 heteroatoms. The summed E-state index contributed by atoms with van der Waals surface area (Å²) in [6, 6.07) is 12.3. The van der Waals surface area contributed by atoms with E-state index < -0.39 is 31.9 Å². The molecule has 0 fully saturated rings. The van der Waals surface area contributed by atoms with E-state index in [0.717, 1.165) is 6.07 Å². The van der Waals surface area contributed by atoms with Crippen molar-refractivity contribution >= 4 is 56.5 Å². The van der Waals surface area contributed by atoms with Crippen LogP contribution in [0.2, 0.25) is 20.1 Å². The molecule has 0 bridgehead atoms. The molecule has 5 nitrogen and oxygen atoms in total. The minimum Gasteiger partial charge on any atom is -0.506 e. The second-order valence-corrected chi connectivity index (χ2v) is 9.28. The van der Waals surface area contributed by atoms with Crippen molar-refractivity contribution in [2.75, 3.05) is 0 Å². The van der Waals surface area contributed by atoms with Crippen molar-refractivity contribution in [1.82, 2.24) is 0 Å². The zero-order valence-corrected chi connectivity index (χ0v) is 18.1. The number of halogens is 4. The van der Waals surface area contributed by atoms with Gasteiger partial charge in [-0.1, -0.05) is 82.8 Å². The van der Waals surface area contributed by atoms with Crippen molar-refractivity contribution in [3.05, 3.63) is 91.4 Å². The number of hydrogen-bond acceptors (Lipinski definition) is 4. The Hall–Kier alpha value is -1.67. The van der Waals surface area contributed by atoms with Crippen molar-refractivity contribution < 1.29 is 23.2 Å². The fourth-order valence-electron chi connectivity index (χ4n) is 3.23. The average Bonchev–Trinajstić information content (AvgIpc) is 2.64. The van der Waals surface area contributed by atoms with Crippen LogP contribution in [0, 0.1) is 0 Å². The van der Waals surface area contributed by atoms with Gasteiger partial charge < -0.3 is 10.2 Å². The Labute approximate surface area is 186 Å². The second kappa shape index (κ2) is 7.87. The molecule has 0 saturated heterocycles. The number of phenols is 2. The molecule has 152 valence electrons. The van der Waals surface area contributed by atoms with Gasteiger partial charge in [0, 0.05) is 15.6 Å². The topological polar surface area (TPSA) is 94.8 Å². The summed E-state index contributed by atoms with van der Waals surface area (Å²) in [6.07, 6.45) is 0. The van der Waals surface area contributed by atoms with Crippen molar-refractivity contribution in [2.45, 2.75) is 4.75 Å². The van der Waals surface area contributed by atoms with Gasteiger partial charge in [-0.05, 0) is 23.8 Å². The van der Waals surface area contributed by atoms with Gasteiger partial charge in [-0.2, -0.15) is 8.42 Å². The molecule has 0 spiro atoms. The van der Waals surface area contributed by atoms with Gasteiger partial charge in [0.15, 0.2) is 4.75 Å². The molecule has 0 aliphatic carbocycles. The van der Waals surface area contributed by atoms with E-state index in [1.807, 2.05) is 0 Å². The fourth-order valence-corrected chi connectivity index (χ4v) is 5.64. The van der Waals surface area contributed by atoms with E-state index in [0.29, 0.717) is 0 Å². The Bertz CT molecular complexity index is 1170. The molecule has 3 rings (SSSR count). The van der Waals surface area contributed by atoms with Crippen LogP contribution in [0.4, 0.5) is 0 Å². The fraction of sp³-hybridized carbons (Fsp3) is 0.0526. The molecule has 0 radical (unpaired) electrons. The number of aromatic hydroxyl groups is 2. The van der Waals surface area contributed by atoms with E-state index >= 15 is 0 Å². The highest BCUT2D eigenvalue weighted by molar-refractivity contribution is 7.87. The van der Waals surface area contributed by atoms with Crippen molar-refractivity contribution in [3.63, 3.8) is 0 Å². The largest absolute Gasteiger partial charge is 0.506 e. The van der Waals surface area contributed by atoms with Gasteiger partial charge in [-0.15, -0.1) is 0 Å². The summed E-state index contributed by atoms with van der Waals surface area (Å²) in [5, 5.41) is 20.7. The molecule has 0 aliphatic rings. The van der Waals surface area contributed by atoms with Crippen LogP contribution in [0.3, 0.4) is 0 Å². The molecule has 1 atom stereocenters. The first-order valence-corrected chi connectivity index (χ1v) is 10.9. The Morgan fingerprint density at radius 1 is 0.759 bits per heavy atom. The highest BCUT2D eigenvalue weighted by Crippen LogP contribution is 2.55. The number of rotatable bonds is 4. The third-order valence-electron chi connectivity index (χ3n) is 4.41. The molecular formula is C19H12Cl4O5S. The Balaban J connectivity index is 2.67. The van der Waals surface area contributed by atoms with E-state index in [4.69, 9.17) is 46.4 Å². The van der Waals surface area contributed by atoms with Crippen molar-refractivity contribution in [2.24, 2.45) is 0 Å². The molecule has 1 unspecified atom stereocenters. The van der Waals surface area contributed by atoms with Crippen LogP contribution in [0.5, 0.6) is 11.5 Å². The van der Waals surface area contributed by atoms with Crippen LogP contribution >= 0.6 is 46.4 Å². The predicted molar refractivity (Wildman–Crippen MR) is 114 cm³/mol. The molecule has 3 aromatic carbocycles. The maximum atomic E-state index is 13.0. The highest BCUT2D eigenvalue weighted by Gasteiger charge is 2.53. The van der Waals surface area contributed by atoms with Gasteiger partial charge in [0.1, 0.15) is 11.5 Å². The third-order valence-corrected chi connectivity index (χ3v) is 6.97. The summed E-state index contributed by atoms with van der Waals surface area (Å²) in [5.74, 6) is -1.58. The highest BCUT2D eigenvalue weighted by atomic mass is 35.5. The van der Waals surface area contributed by atoms with Crippen LogP contribution in [0.1, 0.15) is 16.7 Å². The Morgan fingerprint density at radius 3 is 1.79 bits per heavy atom. The molecular weight excluding hydrogens is 482 g/mol. The first-order valence-electron chi connectivity index (χ1n) is 7.90. The van der Waals surface area contributed by atoms with Gasteiger partial charge in [0.2, 0.25) is 0 Å². The van der Waals surface area contributed by atoms with Crippen LogP contribution in [0.15, 0.2) is 54.6 Å². The van der Waals surface area contributed by atoms with Crippen molar-refractivity contribution in [1.29, 1.82) is 0 Å². The third kappa shape index (κ3) is 3.54. The summed E-state index contributed by atoms with van der Waals surface area (Å²) in [7, 11) is -5.16. The van der Waals surface area contributed by atoms with Gasteiger partial charge in [0.25, 0.3) is 10.1 Å². The zero-order valence-electron chi connectivity index (χ0n) is 14.3. The lowest BCUT2D eigenvalue weighted by atomic mass is 9.82. The standard InChI is InChI=1S/C19H12Cl4O5S/c20-11-6-7-12(13(21)8-11)19(29(26,27)28,10-4-2-1-3-5-10)16-17(24)14(22)9-15(23)18(16)25/h1-9,24-25H,(H,26,27,28). The van der Waals surface area contributed by atoms with E-state index in [1.54, 1.807) is 6.07 Å². The molecule has 3 N–H and O–H groups in total. The molecule has 0 heterocycles. The Kier molecular flexibility index (Phi) is 5.98. The first-order chi connectivity index (χ1) is 13.5. The molecule has 0 saturated carbocycles. The van der Waals surface area contributed by atoms with E-state index in [2.05, 4.69) is 0 Å². The van der Waals surface area contributed by atoms with Gasteiger partial charge in [-0.25, -0.2) is 0 Å². The van der Waals surface area contributed by atoms with Gasteiger partial charge >= 0.3 is 0 Å². The van der Waals surface area contributed by atoms with E-state index in [-0.39, 0.29) is 31.2 Å². The lowest BCUT2D eigenvalue weighted by Crippen LogP contribution is -2.38. The SMILES string of the molecule is O=S(=O)(O)C(c1ccccc1)(c1ccc(Cl)cc1Cl)c1c(O)c(Cl)cc(Cl)c1O. The monoisotopic (exact) mass is 492 g/mol. The lowest BCUT2D eigenvalue weighted by Gasteiger charge is -2.34. The van der Waals surface area contributed by atoms with Crippen LogP contribution in [-0.2, 0) is 14.9 Å². The molecule has 0 aromatic heterocycles. The summed E-state index contributed by atoms with van der Waals surface area (Å²) < 4.78 is 33.9. The number of hydrogen-bond donors (Lipinski definition) is 3. The maximum Gasteiger partial charge on any atom is 0.283 e. The van der Waals surface area contributed by atoms with E-state index in [1.165, 1.54) is 42.5 Å². The van der Waals surface area contributed by atoms with Crippen LogP contribution in [0.25, 0.3) is 0 Å². The Morgan fingerprint density at radius 2 is 1.31 bits per heavy atom. The second-order valence-electron chi connectivity index (χ2n) is 6.06. The minimum absolute atomic E-state index is 0.0318. The lowest BCUT2D eigenvalue weighted by molar-refractivity contribution is 0.416. The molecule has 0 amide bonds. The molecule has 29 heavy (non-hydrogen) atoms. The number of benzene rings is 3. The van der Waals surface area contributed by atoms with Crippen LogP contribution in [-0.4, -0.2) is 23.2 Å².